The predicted octanol–water partition coefficient (Wildman–Crippen LogP) is 0.201. The number of hydrogen-bond acceptors (Lipinski definition) is 5. The fourth-order valence-corrected chi connectivity index (χ4v) is 5.61. The molecular formula is C13H16O8S. The Morgan fingerprint density at radius 2 is 1.73 bits per heavy atom. The molecule has 9 heteroatoms. The molecule has 0 aromatic carbocycles. The van der Waals surface area contributed by atoms with Gasteiger partial charge in [-0.05, 0) is 11.8 Å². The fourth-order valence-electron chi connectivity index (χ4n) is 4.38. The molecule has 0 spiro atoms. The lowest BCUT2D eigenvalue weighted by molar-refractivity contribution is -0.171. The summed E-state index contributed by atoms with van der Waals surface area (Å²) >= 11 is 0. The van der Waals surface area contributed by atoms with E-state index in [1.54, 1.807) is 0 Å². The molecule has 2 fully saturated rings. The third-order valence-corrected chi connectivity index (χ3v) is 6.08. The van der Waals surface area contributed by atoms with Crippen LogP contribution in [0.5, 0.6) is 0 Å². The first kappa shape index (κ1) is 16.6. The minimum Gasteiger partial charge on any atom is -0.480 e. The van der Waals surface area contributed by atoms with Crippen LogP contribution in [0, 0.1) is 22.2 Å². The average molecular weight is 332 g/mol. The first-order valence-electron chi connectivity index (χ1n) is 6.39. The van der Waals surface area contributed by atoms with Crippen LogP contribution in [0.4, 0.5) is 0 Å². The first-order chi connectivity index (χ1) is 9.75. The lowest BCUT2D eigenvalue weighted by Gasteiger charge is -2.34. The molecule has 0 radical (unpaired) electrons. The number of hydrogen-bond donors (Lipinski definition) is 3. The Balaban J connectivity index is 2.83. The summed E-state index contributed by atoms with van der Waals surface area (Å²) in [7, 11) is -4.63. The topological polar surface area (TPSA) is 146 Å². The Morgan fingerprint density at radius 3 is 2.05 bits per heavy atom. The van der Waals surface area contributed by atoms with Crippen LogP contribution in [-0.2, 0) is 24.5 Å². The van der Waals surface area contributed by atoms with Crippen LogP contribution in [0.25, 0.3) is 0 Å². The number of fused-ring (bicyclic) bond motifs is 2. The van der Waals surface area contributed by atoms with Gasteiger partial charge in [-0.15, -0.1) is 0 Å². The number of rotatable bonds is 4. The molecule has 2 bridgehead atoms. The van der Waals surface area contributed by atoms with Crippen molar-refractivity contribution in [3.63, 3.8) is 0 Å². The Hall–Kier alpha value is -1.74. The largest absolute Gasteiger partial charge is 0.480 e. The molecule has 2 unspecified atom stereocenters. The molecule has 0 heterocycles. The Labute approximate surface area is 126 Å². The summed E-state index contributed by atoms with van der Waals surface area (Å²) in [6.45, 7) is 6.52. The van der Waals surface area contributed by atoms with Crippen molar-refractivity contribution in [2.75, 3.05) is 5.75 Å². The van der Waals surface area contributed by atoms with Gasteiger partial charge in [0.15, 0.2) is 5.78 Å². The van der Waals surface area contributed by atoms with Crippen LogP contribution in [0.3, 0.4) is 0 Å². The lowest BCUT2D eigenvalue weighted by Crippen LogP contribution is -2.54. The van der Waals surface area contributed by atoms with Crippen LogP contribution in [0.1, 0.15) is 20.3 Å². The van der Waals surface area contributed by atoms with Crippen molar-refractivity contribution in [2.24, 2.45) is 22.2 Å². The SMILES string of the molecule is C=C1CC2(CS(=O)(=O)O)C(=O)C(C(=O)O)(C(=O)O)C1C2(C)C. The standard InChI is InChI=1S/C13H16O8S/c1-6-4-12(5-22(19,20)21)8(14)13(9(15)16,10(17)18)7(6)11(12,2)3/h7H,1,4-5H2,2-3H3,(H,15,16)(H,17,18)(H,19,20,21). The monoisotopic (exact) mass is 332 g/mol. The van der Waals surface area contributed by atoms with Crippen molar-refractivity contribution in [1.82, 2.24) is 0 Å². The molecule has 2 aliphatic carbocycles. The van der Waals surface area contributed by atoms with E-state index in [0.29, 0.717) is 0 Å². The predicted molar refractivity (Wildman–Crippen MR) is 72.6 cm³/mol. The van der Waals surface area contributed by atoms with E-state index in [-0.39, 0.29) is 12.0 Å². The quantitative estimate of drug-likeness (QED) is 0.376. The minimum absolute atomic E-state index is 0.161. The molecule has 0 aromatic rings. The molecule has 0 aliphatic heterocycles. The number of ketones is 1. The summed E-state index contributed by atoms with van der Waals surface area (Å²) in [6, 6.07) is 0. The highest BCUT2D eigenvalue weighted by molar-refractivity contribution is 7.85. The highest BCUT2D eigenvalue weighted by Crippen LogP contribution is 2.72. The number of allylic oxidation sites excluding steroid dienone is 1. The number of Topliss-reactive ketones (excluding diaryl/α,β-unsaturated/α-hetero) is 1. The molecule has 8 nitrogen and oxygen atoms in total. The van der Waals surface area contributed by atoms with Gasteiger partial charge in [0.1, 0.15) is 0 Å². The second-order valence-corrected chi connectivity index (χ2v) is 8.00. The van der Waals surface area contributed by atoms with Gasteiger partial charge in [0.05, 0.1) is 11.2 Å². The van der Waals surface area contributed by atoms with Gasteiger partial charge in [0.2, 0.25) is 5.41 Å². The maximum atomic E-state index is 12.8. The van der Waals surface area contributed by atoms with Gasteiger partial charge in [0, 0.05) is 5.92 Å². The third-order valence-electron chi connectivity index (χ3n) is 5.22. The summed E-state index contributed by atoms with van der Waals surface area (Å²) in [6.07, 6.45) is -0.161. The second-order valence-electron chi connectivity index (χ2n) is 6.55. The number of carbonyl (C=O) groups is 3. The molecule has 2 aliphatic rings. The molecule has 0 aromatic heterocycles. The van der Waals surface area contributed by atoms with E-state index in [2.05, 4.69) is 6.58 Å². The van der Waals surface area contributed by atoms with Crippen molar-refractivity contribution in [3.05, 3.63) is 12.2 Å². The van der Waals surface area contributed by atoms with Gasteiger partial charge in [-0.1, -0.05) is 26.0 Å². The highest BCUT2D eigenvalue weighted by Gasteiger charge is 2.82. The van der Waals surface area contributed by atoms with Crippen LogP contribution in [0.2, 0.25) is 0 Å². The molecule has 0 amide bonds. The summed E-state index contributed by atoms with van der Waals surface area (Å²) in [4.78, 5) is 36.1. The number of aliphatic carboxylic acids is 2. The number of carboxylic acid groups (broad SMARTS) is 2. The van der Waals surface area contributed by atoms with E-state index >= 15 is 0 Å². The van der Waals surface area contributed by atoms with E-state index in [9.17, 15) is 37.6 Å². The minimum atomic E-state index is -4.63. The van der Waals surface area contributed by atoms with Crippen molar-refractivity contribution >= 4 is 27.8 Å². The zero-order valence-electron chi connectivity index (χ0n) is 12.0. The highest BCUT2D eigenvalue weighted by atomic mass is 32.2. The van der Waals surface area contributed by atoms with Crippen LogP contribution in [0.15, 0.2) is 12.2 Å². The van der Waals surface area contributed by atoms with Crippen molar-refractivity contribution < 1.29 is 37.6 Å². The molecule has 122 valence electrons. The van der Waals surface area contributed by atoms with E-state index in [4.69, 9.17) is 0 Å². The Morgan fingerprint density at radius 1 is 1.27 bits per heavy atom. The average Bonchev–Trinajstić information content (AvgIpc) is 2.55. The maximum Gasteiger partial charge on any atom is 0.329 e. The number of carboxylic acids is 2. The van der Waals surface area contributed by atoms with Crippen molar-refractivity contribution in [1.29, 1.82) is 0 Å². The summed E-state index contributed by atoms with van der Waals surface area (Å²) < 4.78 is 31.9. The van der Waals surface area contributed by atoms with Gasteiger partial charge in [-0.2, -0.15) is 8.42 Å². The van der Waals surface area contributed by atoms with Gasteiger partial charge >= 0.3 is 11.9 Å². The molecule has 2 rings (SSSR count). The van der Waals surface area contributed by atoms with Crippen molar-refractivity contribution in [2.45, 2.75) is 20.3 Å². The molecule has 0 saturated heterocycles. The zero-order valence-corrected chi connectivity index (χ0v) is 12.8. The van der Waals surface area contributed by atoms with E-state index in [1.807, 2.05) is 0 Å². The fraction of sp³-hybridized carbons (Fsp3) is 0.615. The molecular weight excluding hydrogens is 316 g/mol. The number of carbonyl (C=O) groups excluding carboxylic acids is 1. The Bertz CT molecular complexity index is 702. The van der Waals surface area contributed by atoms with Gasteiger partial charge in [-0.25, -0.2) is 0 Å². The zero-order chi connectivity index (χ0) is 17.3. The lowest BCUT2D eigenvalue weighted by atomic mass is 9.67. The van der Waals surface area contributed by atoms with Crippen molar-refractivity contribution in [3.8, 4) is 0 Å². The molecule has 22 heavy (non-hydrogen) atoms. The van der Waals surface area contributed by atoms with Crippen LogP contribution < -0.4 is 0 Å². The van der Waals surface area contributed by atoms with Crippen LogP contribution >= 0.6 is 0 Å². The van der Waals surface area contributed by atoms with E-state index in [0.717, 1.165) is 0 Å². The van der Waals surface area contributed by atoms with Crippen LogP contribution in [-0.4, -0.2) is 46.7 Å². The third kappa shape index (κ3) is 1.60. The summed E-state index contributed by atoms with van der Waals surface area (Å²) in [5.41, 5.74) is -5.69. The molecule has 2 atom stereocenters. The summed E-state index contributed by atoms with van der Waals surface area (Å²) in [5, 5.41) is 18.9. The normalized spacial score (nSPS) is 32.2. The second kappa shape index (κ2) is 4.17. The van der Waals surface area contributed by atoms with Gasteiger partial charge in [0.25, 0.3) is 10.1 Å². The maximum absolute atomic E-state index is 12.8. The first-order valence-corrected chi connectivity index (χ1v) is 8.00. The Kier molecular flexibility index (Phi) is 3.15. The van der Waals surface area contributed by atoms with Gasteiger partial charge < -0.3 is 10.2 Å². The van der Waals surface area contributed by atoms with Gasteiger partial charge in [-0.3, -0.25) is 18.9 Å². The van der Waals surface area contributed by atoms with E-state index < -0.39 is 55.8 Å². The molecule has 3 N–H and O–H groups in total. The van der Waals surface area contributed by atoms with E-state index in [1.165, 1.54) is 13.8 Å². The summed E-state index contributed by atoms with van der Waals surface area (Å²) in [5.74, 6) is -7.16. The molecule has 2 saturated carbocycles. The smallest absolute Gasteiger partial charge is 0.329 e.